The van der Waals surface area contributed by atoms with Crippen LogP contribution in [0.5, 0.6) is 5.75 Å². The molecule has 2 aromatic carbocycles. The van der Waals surface area contributed by atoms with Crippen LogP contribution in [0, 0.1) is 0 Å². The molecule has 0 saturated carbocycles. The summed E-state index contributed by atoms with van der Waals surface area (Å²) in [5, 5.41) is 20.5. The van der Waals surface area contributed by atoms with Gasteiger partial charge in [-0.15, -0.1) is 0 Å². The van der Waals surface area contributed by atoms with Crippen molar-refractivity contribution >= 4 is 5.97 Å². The van der Waals surface area contributed by atoms with Gasteiger partial charge in [0.15, 0.2) is 0 Å². The molecule has 0 aliphatic heterocycles. The average Bonchev–Trinajstić information content (AvgIpc) is 2.62. The lowest BCUT2D eigenvalue weighted by atomic mass is 9.73. The Hall–Kier alpha value is -2.29. The molecule has 3 heteroatoms. The van der Waals surface area contributed by atoms with E-state index >= 15 is 0 Å². The number of unbranched alkanes of at least 4 members (excludes halogenated alkanes) is 2. The Labute approximate surface area is 163 Å². The molecule has 0 atom stereocenters. The Bertz CT molecular complexity index is 789. The Morgan fingerprint density at radius 2 is 1.59 bits per heavy atom. The SMILES string of the molecule is CCCCCC(C)(C)c1cc(C(=O)O)c(O)c(C(C)(C)c2ccccc2)c1. The quantitative estimate of drug-likeness (QED) is 0.540. The van der Waals surface area contributed by atoms with E-state index in [1.54, 1.807) is 6.07 Å². The second-order valence-electron chi connectivity index (χ2n) is 8.56. The summed E-state index contributed by atoms with van der Waals surface area (Å²) in [5.74, 6) is -1.23. The highest BCUT2D eigenvalue weighted by atomic mass is 16.4. The van der Waals surface area contributed by atoms with E-state index in [0.717, 1.165) is 36.8 Å². The smallest absolute Gasteiger partial charge is 0.339 e. The van der Waals surface area contributed by atoms with Crippen molar-refractivity contribution in [1.82, 2.24) is 0 Å². The lowest BCUT2D eigenvalue weighted by Gasteiger charge is -2.32. The van der Waals surface area contributed by atoms with Crippen molar-refractivity contribution in [3.05, 3.63) is 64.7 Å². The summed E-state index contributed by atoms with van der Waals surface area (Å²) >= 11 is 0. The van der Waals surface area contributed by atoms with E-state index in [-0.39, 0.29) is 16.7 Å². The molecule has 0 spiro atoms. The molecular formula is C24H32O3. The van der Waals surface area contributed by atoms with Crippen molar-refractivity contribution in [1.29, 1.82) is 0 Å². The Balaban J connectivity index is 2.61. The van der Waals surface area contributed by atoms with E-state index in [9.17, 15) is 15.0 Å². The van der Waals surface area contributed by atoms with Gasteiger partial charge < -0.3 is 10.2 Å². The maximum atomic E-state index is 11.8. The summed E-state index contributed by atoms with van der Waals surface area (Å²) in [5.41, 5.74) is 1.98. The third kappa shape index (κ3) is 4.52. The number of hydrogen-bond acceptors (Lipinski definition) is 2. The zero-order valence-electron chi connectivity index (χ0n) is 17.2. The van der Waals surface area contributed by atoms with Crippen LogP contribution in [-0.4, -0.2) is 16.2 Å². The van der Waals surface area contributed by atoms with E-state index < -0.39 is 11.4 Å². The molecule has 0 aliphatic rings. The van der Waals surface area contributed by atoms with Gasteiger partial charge in [-0.1, -0.05) is 90.3 Å². The molecule has 0 aliphatic carbocycles. The number of carbonyl (C=O) groups is 1. The molecule has 2 rings (SSSR count). The number of aromatic carboxylic acids is 1. The number of hydrogen-bond donors (Lipinski definition) is 2. The molecule has 0 unspecified atom stereocenters. The summed E-state index contributed by atoms with van der Waals surface area (Å²) in [6.45, 7) is 10.5. The van der Waals surface area contributed by atoms with Gasteiger partial charge in [-0.05, 0) is 29.0 Å². The number of aromatic hydroxyl groups is 1. The zero-order chi connectivity index (χ0) is 20.2. The fourth-order valence-electron chi connectivity index (χ4n) is 3.64. The molecule has 0 fully saturated rings. The van der Waals surface area contributed by atoms with Gasteiger partial charge in [0, 0.05) is 11.0 Å². The van der Waals surface area contributed by atoms with Crippen molar-refractivity contribution in [2.45, 2.75) is 71.1 Å². The third-order valence-electron chi connectivity index (χ3n) is 5.70. The molecular weight excluding hydrogens is 336 g/mol. The summed E-state index contributed by atoms with van der Waals surface area (Å²) in [6, 6.07) is 13.6. The molecule has 146 valence electrons. The standard InChI is InChI=1S/C24H32O3/c1-6-7-11-14-23(2,3)18-15-19(22(26)27)21(25)20(16-18)24(4,5)17-12-9-8-10-13-17/h8-10,12-13,15-16,25H,6-7,11,14H2,1-5H3,(H,26,27). The molecule has 0 aromatic heterocycles. The lowest BCUT2D eigenvalue weighted by molar-refractivity contribution is 0.0693. The van der Waals surface area contributed by atoms with Crippen LogP contribution >= 0.6 is 0 Å². The van der Waals surface area contributed by atoms with Crippen molar-refractivity contribution in [2.75, 3.05) is 0 Å². The largest absolute Gasteiger partial charge is 0.507 e. The lowest BCUT2D eigenvalue weighted by Crippen LogP contribution is -2.23. The highest BCUT2D eigenvalue weighted by molar-refractivity contribution is 5.92. The van der Waals surface area contributed by atoms with Crippen molar-refractivity contribution in [2.24, 2.45) is 0 Å². The van der Waals surface area contributed by atoms with Crippen molar-refractivity contribution in [3.8, 4) is 5.75 Å². The molecule has 2 aromatic rings. The zero-order valence-corrected chi connectivity index (χ0v) is 17.2. The highest BCUT2D eigenvalue weighted by Crippen LogP contribution is 2.42. The van der Waals surface area contributed by atoms with Gasteiger partial charge in [0.05, 0.1) is 0 Å². The van der Waals surface area contributed by atoms with Crippen LogP contribution in [-0.2, 0) is 10.8 Å². The van der Waals surface area contributed by atoms with Gasteiger partial charge in [-0.3, -0.25) is 0 Å². The predicted octanol–water partition coefficient (Wildman–Crippen LogP) is 6.27. The molecule has 2 N–H and O–H groups in total. The van der Waals surface area contributed by atoms with Crippen LogP contribution in [0.4, 0.5) is 0 Å². The minimum atomic E-state index is -1.09. The van der Waals surface area contributed by atoms with Crippen molar-refractivity contribution < 1.29 is 15.0 Å². The average molecular weight is 369 g/mol. The van der Waals surface area contributed by atoms with Crippen LogP contribution in [0.15, 0.2) is 42.5 Å². The number of benzene rings is 2. The van der Waals surface area contributed by atoms with E-state index in [2.05, 4.69) is 20.8 Å². The Morgan fingerprint density at radius 3 is 2.15 bits per heavy atom. The fourth-order valence-corrected chi connectivity index (χ4v) is 3.64. The van der Waals surface area contributed by atoms with E-state index in [0.29, 0.717) is 5.56 Å². The molecule has 3 nitrogen and oxygen atoms in total. The minimum absolute atomic E-state index is 0.0185. The number of phenols is 1. The van der Waals surface area contributed by atoms with Gasteiger partial charge >= 0.3 is 5.97 Å². The van der Waals surface area contributed by atoms with E-state index in [1.807, 2.05) is 50.2 Å². The number of carboxylic acids is 1. The molecule has 27 heavy (non-hydrogen) atoms. The van der Waals surface area contributed by atoms with Crippen LogP contribution in [0.1, 0.15) is 87.4 Å². The van der Waals surface area contributed by atoms with Gasteiger partial charge in [0.1, 0.15) is 11.3 Å². The third-order valence-corrected chi connectivity index (χ3v) is 5.70. The first-order chi connectivity index (χ1) is 12.6. The van der Waals surface area contributed by atoms with Gasteiger partial charge in [0.25, 0.3) is 0 Å². The first-order valence-electron chi connectivity index (χ1n) is 9.78. The maximum Gasteiger partial charge on any atom is 0.339 e. The van der Waals surface area contributed by atoms with Gasteiger partial charge in [-0.2, -0.15) is 0 Å². The fraction of sp³-hybridized carbons (Fsp3) is 0.458. The normalized spacial score (nSPS) is 12.2. The van der Waals surface area contributed by atoms with Crippen molar-refractivity contribution in [3.63, 3.8) is 0 Å². The monoisotopic (exact) mass is 368 g/mol. The highest BCUT2D eigenvalue weighted by Gasteiger charge is 2.32. The van der Waals surface area contributed by atoms with E-state index in [1.165, 1.54) is 0 Å². The minimum Gasteiger partial charge on any atom is -0.507 e. The summed E-state index contributed by atoms with van der Waals surface area (Å²) in [7, 11) is 0. The molecule has 0 radical (unpaired) electrons. The first-order valence-corrected chi connectivity index (χ1v) is 9.78. The summed E-state index contributed by atoms with van der Waals surface area (Å²) < 4.78 is 0. The van der Waals surface area contributed by atoms with Gasteiger partial charge in [-0.25, -0.2) is 4.79 Å². The summed E-state index contributed by atoms with van der Waals surface area (Å²) in [4.78, 5) is 11.8. The second-order valence-corrected chi connectivity index (χ2v) is 8.56. The Kier molecular flexibility index (Phi) is 6.35. The number of rotatable bonds is 8. The van der Waals surface area contributed by atoms with Crippen LogP contribution in [0.25, 0.3) is 0 Å². The first kappa shape index (κ1) is 21.0. The number of carboxylic acid groups (broad SMARTS) is 1. The second kappa shape index (κ2) is 8.16. The molecule has 0 bridgehead atoms. The van der Waals surface area contributed by atoms with Crippen LogP contribution < -0.4 is 0 Å². The van der Waals surface area contributed by atoms with Gasteiger partial charge in [0.2, 0.25) is 0 Å². The van der Waals surface area contributed by atoms with Crippen LogP contribution in [0.2, 0.25) is 0 Å². The Morgan fingerprint density at radius 1 is 0.963 bits per heavy atom. The molecule has 0 heterocycles. The topological polar surface area (TPSA) is 57.5 Å². The molecule has 0 amide bonds. The predicted molar refractivity (Wildman–Crippen MR) is 111 cm³/mol. The van der Waals surface area contributed by atoms with Crippen LogP contribution in [0.3, 0.4) is 0 Å². The summed E-state index contributed by atoms with van der Waals surface area (Å²) in [6.07, 6.45) is 4.40. The molecule has 0 saturated heterocycles. The maximum absolute atomic E-state index is 11.8. The van der Waals surface area contributed by atoms with E-state index in [4.69, 9.17) is 0 Å².